The van der Waals surface area contributed by atoms with Gasteiger partial charge in [-0.15, -0.1) is 0 Å². The van der Waals surface area contributed by atoms with Gasteiger partial charge < -0.3 is 4.98 Å². The molecule has 0 radical (unpaired) electrons. The number of aromatic amines is 1. The number of amides is 2. The highest BCUT2D eigenvalue weighted by Crippen LogP contribution is 2.29. The van der Waals surface area contributed by atoms with Gasteiger partial charge in [0.2, 0.25) is 5.91 Å². The van der Waals surface area contributed by atoms with Crippen molar-refractivity contribution in [3.05, 3.63) is 34.5 Å². The Kier molecular flexibility index (Phi) is 2.41. The van der Waals surface area contributed by atoms with Crippen LogP contribution in [0.5, 0.6) is 0 Å². The van der Waals surface area contributed by atoms with Crippen molar-refractivity contribution in [3.8, 4) is 0 Å². The Balaban J connectivity index is 2.20. The smallest absolute Gasteiger partial charge is 0.277 e. The van der Waals surface area contributed by atoms with Crippen LogP contribution >= 0.6 is 11.6 Å². The summed E-state index contributed by atoms with van der Waals surface area (Å²) in [5.74, 6) is -0.474. The predicted octanol–water partition coefficient (Wildman–Crippen LogP) is 2.37. The minimum absolute atomic E-state index is 0.220. The molecule has 2 amide bonds. The Labute approximate surface area is 109 Å². The van der Waals surface area contributed by atoms with E-state index in [0.717, 1.165) is 16.5 Å². The number of H-pyrrole nitrogens is 1. The molecular formula is C13H11ClN2O2. The molecule has 5 heteroatoms. The molecule has 0 spiro atoms. The number of imide groups is 1. The van der Waals surface area contributed by atoms with Crippen LogP contribution in [0.2, 0.25) is 5.02 Å². The number of nitrogens with zero attached hydrogens (tertiary/aromatic N) is 1. The van der Waals surface area contributed by atoms with Crippen molar-refractivity contribution in [2.24, 2.45) is 0 Å². The van der Waals surface area contributed by atoms with Gasteiger partial charge in [0.1, 0.15) is 5.69 Å². The Morgan fingerprint density at radius 1 is 1.44 bits per heavy atom. The van der Waals surface area contributed by atoms with Gasteiger partial charge in [-0.05, 0) is 30.2 Å². The van der Waals surface area contributed by atoms with Gasteiger partial charge in [0.05, 0.1) is 0 Å². The fraction of sp³-hybridized carbons (Fsp3) is 0.231. The molecule has 1 aliphatic rings. The minimum atomic E-state index is -0.254. The molecule has 4 nitrogen and oxygen atoms in total. The molecule has 2 heterocycles. The molecule has 3 rings (SSSR count). The molecule has 18 heavy (non-hydrogen) atoms. The van der Waals surface area contributed by atoms with E-state index in [1.54, 1.807) is 6.07 Å². The van der Waals surface area contributed by atoms with E-state index < -0.39 is 0 Å². The first-order valence-corrected chi connectivity index (χ1v) is 6.08. The van der Waals surface area contributed by atoms with Gasteiger partial charge >= 0.3 is 0 Å². The number of fused-ring (bicyclic) bond motifs is 3. The Hall–Kier alpha value is -1.81. The van der Waals surface area contributed by atoms with Crippen molar-refractivity contribution in [2.75, 3.05) is 6.54 Å². The van der Waals surface area contributed by atoms with E-state index in [2.05, 4.69) is 4.98 Å². The molecule has 0 aliphatic carbocycles. The van der Waals surface area contributed by atoms with Crippen molar-refractivity contribution < 1.29 is 9.59 Å². The second kappa shape index (κ2) is 3.85. The van der Waals surface area contributed by atoms with E-state index in [9.17, 15) is 9.59 Å². The molecule has 1 aliphatic heterocycles. The Morgan fingerprint density at radius 3 is 2.94 bits per heavy atom. The summed E-state index contributed by atoms with van der Waals surface area (Å²) < 4.78 is 0. The summed E-state index contributed by atoms with van der Waals surface area (Å²) >= 11 is 5.97. The molecule has 1 N–H and O–H groups in total. The third kappa shape index (κ3) is 1.53. The number of benzene rings is 1. The number of hydrogen-bond acceptors (Lipinski definition) is 2. The summed E-state index contributed by atoms with van der Waals surface area (Å²) in [6.45, 7) is 1.84. The number of rotatable bonds is 0. The summed E-state index contributed by atoms with van der Waals surface area (Å²) in [5, 5.41) is 1.61. The average molecular weight is 263 g/mol. The van der Waals surface area contributed by atoms with E-state index in [1.807, 2.05) is 12.1 Å². The van der Waals surface area contributed by atoms with Gasteiger partial charge in [-0.3, -0.25) is 14.5 Å². The van der Waals surface area contributed by atoms with E-state index in [1.165, 1.54) is 11.8 Å². The third-order valence-electron chi connectivity index (χ3n) is 3.29. The highest BCUT2D eigenvalue weighted by molar-refractivity contribution is 6.31. The summed E-state index contributed by atoms with van der Waals surface area (Å²) in [5.41, 5.74) is 2.34. The van der Waals surface area contributed by atoms with Crippen molar-refractivity contribution >= 4 is 34.3 Å². The lowest BCUT2D eigenvalue weighted by Crippen LogP contribution is -2.40. The molecular weight excluding hydrogens is 252 g/mol. The monoisotopic (exact) mass is 262 g/mol. The zero-order valence-corrected chi connectivity index (χ0v) is 10.5. The molecule has 1 aromatic carbocycles. The van der Waals surface area contributed by atoms with E-state index in [-0.39, 0.29) is 11.8 Å². The number of halogens is 1. The molecule has 92 valence electrons. The van der Waals surface area contributed by atoms with Crippen molar-refractivity contribution in [1.29, 1.82) is 0 Å². The number of nitrogens with one attached hydrogen (secondary N) is 1. The molecule has 0 saturated carbocycles. The van der Waals surface area contributed by atoms with Gasteiger partial charge in [0, 0.05) is 29.4 Å². The first-order valence-electron chi connectivity index (χ1n) is 5.70. The maximum atomic E-state index is 12.2. The summed E-state index contributed by atoms with van der Waals surface area (Å²) in [7, 11) is 0. The van der Waals surface area contributed by atoms with Crippen LogP contribution in [0.15, 0.2) is 18.2 Å². The van der Waals surface area contributed by atoms with Gasteiger partial charge in [0.25, 0.3) is 5.91 Å². The van der Waals surface area contributed by atoms with Crippen molar-refractivity contribution in [1.82, 2.24) is 9.88 Å². The first kappa shape index (κ1) is 11.3. The SMILES string of the molecule is CC(=O)N1CCc2c([nH]c3ccc(Cl)cc23)C1=O. The number of hydrogen-bond donors (Lipinski definition) is 1. The van der Waals surface area contributed by atoms with Gasteiger partial charge in [0.15, 0.2) is 0 Å². The normalized spacial score (nSPS) is 15.0. The second-order valence-corrected chi connectivity index (χ2v) is 4.83. The second-order valence-electron chi connectivity index (χ2n) is 4.39. The fourth-order valence-electron chi connectivity index (χ4n) is 2.42. The highest BCUT2D eigenvalue weighted by atomic mass is 35.5. The van der Waals surface area contributed by atoms with Gasteiger partial charge in [-0.1, -0.05) is 11.6 Å². The molecule has 0 bridgehead atoms. The zero-order chi connectivity index (χ0) is 12.9. The molecule has 1 aromatic heterocycles. The van der Waals surface area contributed by atoms with Crippen LogP contribution < -0.4 is 0 Å². The maximum absolute atomic E-state index is 12.2. The molecule has 0 fully saturated rings. The lowest BCUT2D eigenvalue weighted by atomic mass is 10.0. The number of aromatic nitrogens is 1. The van der Waals surface area contributed by atoms with Crippen LogP contribution in [0.25, 0.3) is 10.9 Å². The van der Waals surface area contributed by atoms with Crippen LogP contribution in [0.3, 0.4) is 0 Å². The quantitative estimate of drug-likeness (QED) is 0.792. The molecule has 0 unspecified atom stereocenters. The highest BCUT2D eigenvalue weighted by Gasteiger charge is 2.29. The fourth-order valence-corrected chi connectivity index (χ4v) is 2.59. The minimum Gasteiger partial charge on any atom is -0.350 e. The maximum Gasteiger partial charge on any atom is 0.277 e. The van der Waals surface area contributed by atoms with Crippen LogP contribution in [0, 0.1) is 0 Å². The standard InChI is InChI=1S/C13H11ClN2O2/c1-7(17)16-5-4-9-10-6-8(14)2-3-11(10)15-12(9)13(16)18/h2-3,6,15H,4-5H2,1H3. The number of carbonyl (C=O) groups is 2. The third-order valence-corrected chi connectivity index (χ3v) is 3.53. The average Bonchev–Trinajstić information content (AvgIpc) is 2.68. The van der Waals surface area contributed by atoms with E-state index in [4.69, 9.17) is 11.6 Å². The van der Waals surface area contributed by atoms with Gasteiger partial charge in [-0.2, -0.15) is 0 Å². The first-order chi connectivity index (χ1) is 8.58. The lowest BCUT2D eigenvalue weighted by molar-refractivity contribution is -0.126. The van der Waals surface area contributed by atoms with Gasteiger partial charge in [-0.25, -0.2) is 0 Å². The predicted molar refractivity (Wildman–Crippen MR) is 68.7 cm³/mol. The topological polar surface area (TPSA) is 53.2 Å². The van der Waals surface area contributed by atoms with Crippen LogP contribution in [0.1, 0.15) is 23.0 Å². The summed E-state index contributed by atoms with van der Waals surface area (Å²) in [6, 6.07) is 5.48. The van der Waals surface area contributed by atoms with Crippen LogP contribution in [0.4, 0.5) is 0 Å². The summed E-state index contributed by atoms with van der Waals surface area (Å²) in [4.78, 5) is 27.9. The summed E-state index contributed by atoms with van der Waals surface area (Å²) in [6.07, 6.45) is 0.668. The largest absolute Gasteiger partial charge is 0.350 e. The van der Waals surface area contributed by atoms with Crippen LogP contribution in [-0.2, 0) is 11.2 Å². The van der Waals surface area contributed by atoms with Crippen LogP contribution in [-0.4, -0.2) is 28.2 Å². The lowest BCUT2D eigenvalue weighted by Gasteiger charge is -2.23. The number of carbonyl (C=O) groups excluding carboxylic acids is 2. The van der Waals surface area contributed by atoms with Crippen molar-refractivity contribution in [2.45, 2.75) is 13.3 Å². The molecule has 2 aromatic rings. The Morgan fingerprint density at radius 2 is 2.22 bits per heavy atom. The molecule has 0 atom stereocenters. The van der Waals surface area contributed by atoms with E-state index in [0.29, 0.717) is 23.7 Å². The zero-order valence-electron chi connectivity index (χ0n) is 9.79. The molecule has 0 saturated heterocycles. The van der Waals surface area contributed by atoms with E-state index >= 15 is 0 Å². The Bertz CT molecular complexity index is 675. The van der Waals surface area contributed by atoms with Crippen molar-refractivity contribution in [3.63, 3.8) is 0 Å².